The van der Waals surface area contributed by atoms with E-state index in [1.165, 1.54) is 0 Å². The molecule has 1 atom stereocenters. The summed E-state index contributed by atoms with van der Waals surface area (Å²) in [5.41, 5.74) is 2.60. The average Bonchev–Trinajstić information content (AvgIpc) is 3.43. The van der Waals surface area contributed by atoms with Crippen LogP contribution < -0.4 is 5.32 Å². The van der Waals surface area contributed by atoms with Gasteiger partial charge in [0.2, 0.25) is 0 Å². The van der Waals surface area contributed by atoms with E-state index in [0.29, 0.717) is 29.9 Å². The summed E-state index contributed by atoms with van der Waals surface area (Å²) in [6, 6.07) is 19.0. The van der Waals surface area contributed by atoms with Gasteiger partial charge in [0.1, 0.15) is 5.70 Å². The van der Waals surface area contributed by atoms with Crippen LogP contribution in [0, 0.1) is 0 Å². The fraction of sp³-hybridized carbons (Fsp3) is 0.240. The van der Waals surface area contributed by atoms with E-state index in [9.17, 15) is 9.59 Å². The zero-order valence-corrected chi connectivity index (χ0v) is 17.6. The van der Waals surface area contributed by atoms with E-state index in [0.717, 1.165) is 18.5 Å². The molecule has 2 heterocycles. The van der Waals surface area contributed by atoms with Gasteiger partial charge in [0.15, 0.2) is 5.78 Å². The summed E-state index contributed by atoms with van der Waals surface area (Å²) >= 11 is 0. The van der Waals surface area contributed by atoms with Crippen molar-refractivity contribution in [2.45, 2.75) is 25.9 Å². The third kappa shape index (κ3) is 4.74. The number of carbonyl (C=O) groups excluding carboxylic acids is 2. The molecule has 1 aliphatic rings. The Bertz CT molecular complexity index is 1060. The Balaban J connectivity index is 1.54. The maximum absolute atomic E-state index is 13.2. The monoisotopic (exact) mass is 414 g/mol. The predicted octanol–water partition coefficient (Wildman–Crippen LogP) is 3.60. The minimum atomic E-state index is -0.118. The third-order valence-corrected chi connectivity index (χ3v) is 5.53. The van der Waals surface area contributed by atoms with Crippen LogP contribution in [0.1, 0.15) is 35.3 Å². The lowest BCUT2D eigenvalue weighted by Crippen LogP contribution is -2.32. The van der Waals surface area contributed by atoms with Crippen molar-refractivity contribution in [1.82, 2.24) is 19.8 Å². The van der Waals surface area contributed by atoms with Crippen molar-refractivity contribution in [1.29, 1.82) is 0 Å². The Morgan fingerprint density at radius 1 is 1.06 bits per heavy atom. The molecule has 1 amide bonds. The Hall–Kier alpha value is -3.67. The van der Waals surface area contributed by atoms with Crippen molar-refractivity contribution < 1.29 is 9.59 Å². The first-order chi connectivity index (χ1) is 15.1. The maximum atomic E-state index is 13.2. The fourth-order valence-electron chi connectivity index (χ4n) is 3.81. The van der Waals surface area contributed by atoms with Crippen molar-refractivity contribution in [3.8, 4) is 0 Å². The summed E-state index contributed by atoms with van der Waals surface area (Å²) in [6.45, 7) is 3.67. The number of benzene rings is 2. The Labute approximate surface area is 182 Å². The molecule has 0 saturated heterocycles. The molecular formula is C25H26N4O2. The van der Waals surface area contributed by atoms with Crippen LogP contribution in [0.3, 0.4) is 0 Å². The molecule has 0 aliphatic carbocycles. The van der Waals surface area contributed by atoms with Crippen molar-refractivity contribution in [2.24, 2.45) is 0 Å². The number of Topliss-reactive ketones (excluding diaryl/α,β-unsaturated/α-hetero) is 1. The summed E-state index contributed by atoms with van der Waals surface area (Å²) in [6.07, 6.45) is 6.20. The SMILES string of the molecule is CC(NC1=C(C(=O)c2ccccc2)CN(CCCn2ccnc2)C1=O)c1ccccc1. The lowest BCUT2D eigenvalue weighted by molar-refractivity contribution is -0.126. The third-order valence-electron chi connectivity index (χ3n) is 5.53. The molecular weight excluding hydrogens is 388 g/mol. The van der Waals surface area contributed by atoms with Crippen LogP contribution >= 0.6 is 0 Å². The molecule has 0 spiro atoms. The van der Waals surface area contributed by atoms with Crippen molar-refractivity contribution in [3.63, 3.8) is 0 Å². The quantitative estimate of drug-likeness (QED) is 0.543. The van der Waals surface area contributed by atoms with Crippen LogP contribution in [0.4, 0.5) is 0 Å². The first kappa shape index (κ1) is 20.6. The zero-order valence-electron chi connectivity index (χ0n) is 17.6. The van der Waals surface area contributed by atoms with Gasteiger partial charge in [-0.05, 0) is 18.9 Å². The molecule has 2 aromatic carbocycles. The molecule has 3 aromatic rings. The standard InChI is InChI=1S/C25H26N4O2/c1-19(20-9-4-2-5-10-20)27-23-22(24(30)21-11-6-3-7-12-21)17-29(25(23)31)15-8-14-28-16-13-26-18-28/h2-7,9-13,16,18-19,27H,8,14-15,17H2,1H3. The first-order valence-corrected chi connectivity index (χ1v) is 10.5. The molecule has 1 N–H and O–H groups in total. The van der Waals surface area contributed by atoms with Crippen LogP contribution in [0.15, 0.2) is 90.7 Å². The highest BCUT2D eigenvalue weighted by molar-refractivity contribution is 6.15. The second-order valence-corrected chi connectivity index (χ2v) is 7.71. The van der Waals surface area contributed by atoms with Crippen LogP contribution in [0.2, 0.25) is 0 Å². The van der Waals surface area contributed by atoms with Crippen molar-refractivity contribution in [3.05, 3.63) is 102 Å². The van der Waals surface area contributed by atoms with Crippen molar-refractivity contribution in [2.75, 3.05) is 13.1 Å². The van der Waals surface area contributed by atoms with Crippen LogP contribution in [0.25, 0.3) is 0 Å². The Morgan fingerprint density at radius 2 is 1.77 bits per heavy atom. The average molecular weight is 415 g/mol. The molecule has 1 aromatic heterocycles. The molecule has 31 heavy (non-hydrogen) atoms. The van der Waals surface area contributed by atoms with E-state index < -0.39 is 0 Å². The van der Waals surface area contributed by atoms with E-state index in [1.807, 2.05) is 66.2 Å². The summed E-state index contributed by atoms with van der Waals surface area (Å²) in [4.78, 5) is 32.3. The maximum Gasteiger partial charge on any atom is 0.270 e. The fourth-order valence-corrected chi connectivity index (χ4v) is 3.81. The molecule has 0 fully saturated rings. The molecule has 6 nitrogen and oxygen atoms in total. The van der Waals surface area contributed by atoms with Gasteiger partial charge in [0.05, 0.1) is 12.9 Å². The normalized spacial score (nSPS) is 14.7. The first-order valence-electron chi connectivity index (χ1n) is 10.5. The van der Waals surface area contributed by atoms with E-state index in [2.05, 4.69) is 10.3 Å². The van der Waals surface area contributed by atoms with E-state index >= 15 is 0 Å². The lowest BCUT2D eigenvalue weighted by Gasteiger charge is -2.19. The highest BCUT2D eigenvalue weighted by Gasteiger charge is 2.34. The Morgan fingerprint density at radius 3 is 2.45 bits per heavy atom. The second kappa shape index (κ2) is 9.43. The van der Waals surface area contributed by atoms with Gasteiger partial charge < -0.3 is 14.8 Å². The van der Waals surface area contributed by atoms with Gasteiger partial charge >= 0.3 is 0 Å². The molecule has 6 heteroatoms. The summed E-state index contributed by atoms with van der Waals surface area (Å²) in [5, 5.41) is 3.33. The lowest BCUT2D eigenvalue weighted by atomic mass is 10.0. The largest absolute Gasteiger partial charge is 0.374 e. The van der Waals surface area contributed by atoms with E-state index in [1.54, 1.807) is 29.6 Å². The van der Waals surface area contributed by atoms with Gasteiger partial charge in [-0.15, -0.1) is 0 Å². The van der Waals surface area contributed by atoms with Crippen LogP contribution in [0.5, 0.6) is 0 Å². The zero-order chi connectivity index (χ0) is 21.6. The minimum absolute atomic E-state index is 0.0929. The number of rotatable bonds is 9. The number of hydrogen-bond acceptors (Lipinski definition) is 4. The molecule has 0 radical (unpaired) electrons. The highest BCUT2D eigenvalue weighted by Crippen LogP contribution is 2.24. The smallest absolute Gasteiger partial charge is 0.270 e. The second-order valence-electron chi connectivity index (χ2n) is 7.71. The summed E-state index contributed by atoms with van der Waals surface area (Å²) < 4.78 is 1.99. The number of nitrogens with one attached hydrogen (secondary N) is 1. The van der Waals surface area contributed by atoms with E-state index in [-0.39, 0.29) is 17.7 Å². The van der Waals surface area contributed by atoms with Gasteiger partial charge in [-0.25, -0.2) is 4.98 Å². The highest BCUT2D eigenvalue weighted by atomic mass is 16.2. The van der Waals surface area contributed by atoms with Crippen LogP contribution in [-0.4, -0.2) is 39.2 Å². The van der Waals surface area contributed by atoms with Gasteiger partial charge in [0, 0.05) is 42.7 Å². The summed E-state index contributed by atoms with van der Waals surface area (Å²) in [5.74, 6) is -0.221. The number of ketones is 1. The molecule has 0 bridgehead atoms. The number of aromatic nitrogens is 2. The van der Waals surface area contributed by atoms with E-state index in [4.69, 9.17) is 0 Å². The van der Waals surface area contributed by atoms with Crippen LogP contribution in [-0.2, 0) is 11.3 Å². The molecule has 4 rings (SSSR count). The molecule has 1 aliphatic heterocycles. The van der Waals surface area contributed by atoms with Crippen molar-refractivity contribution >= 4 is 11.7 Å². The number of amides is 1. The molecule has 158 valence electrons. The number of imidazole rings is 1. The molecule has 0 saturated carbocycles. The summed E-state index contributed by atoms with van der Waals surface area (Å²) in [7, 11) is 0. The number of aryl methyl sites for hydroxylation is 1. The predicted molar refractivity (Wildman–Crippen MR) is 119 cm³/mol. The number of hydrogen-bond donors (Lipinski definition) is 1. The Kier molecular flexibility index (Phi) is 6.26. The van der Waals surface area contributed by atoms with Gasteiger partial charge in [-0.1, -0.05) is 60.7 Å². The minimum Gasteiger partial charge on any atom is -0.374 e. The number of carbonyl (C=O) groups is 2. The van der Waals surface area contributed by atoms with Gasteiger partial charge in [0.25, 0.3) is 5.91 Å². The van der Waals surface area contributed by atoms with Gasteiger partial charge in [-0.2, -0.15) is 0 Å². The van der Waals surface area contributed by atoms with Gasteiger partial charge in [-0.3, -0.25) is 9.59 Å². The topological polar surface area (TPSA) is 67.2 Å². The molecule has 1 unspecified atom stereocenters. The number of nitrogens with zero attached hydrogens (tertiary/aromatic N) is 3.